The average molecular weight is 267 g/mol. The Hall–Kier alpha value is -1.06. The van der Waals surface area contributed by atoms with Crippen LogP contribution < -0.4 is 5.32 Å². The van der Waals surface area contributed by atoms with E-state index in [4.69, 9.17) is 5.26 Å². The van der Waals surface area contributed by atoms with Gasteiger partial charge in [-0.1, -0.05) is 18.7 Å². The second-order valence-electron chi connectivity index (χ2n) is 4.48. The number of aryl methyl sites for hydroxylation is 1. The van der Waals surface area contributed by atoms with Crippen molar-refractivity contribution in [2.24, 2.45) is 0 Å². The number of unbranched alkanes of at least 4 members (excludes halogenated alkanes) is 1. The van der Waals surface area contributed by atoms with Gasteiger partial charge < -0.3 is 0 Å². The minimum absolute atomic E-state index is 0.388. The molecule has 1 aromatic heterocycles. The summed E-state index contributed by atoms with van der Waals surface area (Å²) in [5, 5.41) is 20.0. The van der Waals surface area contributed by atoms with Gasteiger partial charge in [0.15, 0.2) is 0 Å². The minimum Gasteiger partial charge on any atom is -0.300 e. The first kappa shape index (κ1) is 15.0. The van der Waals surface area contributed by atoms with Gasteiger partial charge in [-0.2, -0.15) is 5.26 Å². The summed E-state index contributed by atoms with van der Waals surface area (Å²) in [5.74, 6) is 1.84. The van der Waals surface area contributed by atoms with Crippen LogP contribution in [0.4, 0.5) is 0 Å². The summed E-state index contributed by atoms with van der Waals surface area (Å²) < 4.78 is 0. The van der Waals surface area contributed by atoms with E-state index in [0.717, 1.165) is 42.5 Å². The number of nitrogens with one attached hydrogen (secondary N) is 2. The second-order valence-corrected chi connectivity index (χ2v) is 5.55. The number of aromatic nitrogens is 3. The lowest BCUT2D eigenvalue weighted by molar-refractivity contribution is 0.415. The molecule has 1 rings (SSSR count). The highest BCUT2D eigenvalue weighted by Crippen LogP contribution is 2.17. The molecule has 0 aliphatic carbocycles. The van der Waals surface area contributed by atoms with Crippen LogP contribution in [-0.4, -0.2) is 33.0 Å². The van der Waals surface area contributed by atoms with E-state index in [1.165, 1.54) is 0 Å². The van der Waals surface area contributed by atoms with E-state index >= 15 is 0 Å². The molecule has 1 atom stereocenters. The summed E-state index contributed by atoms with van der Waals surface area (Å²) in [4.78, 5) is 4.23. The molecule has 0 radical (unpaired) electrons. The van der Waals surface area contributed by atoms with Gasteiger partial charge >= 0.3 is 0 Å². The largest absolute Gasteiger partial charge is 0.300 e. The van der Waals surface area contributed by atoms with Crippen molar-refractivity contribution in [2.75, 3.05) is 12.3 Å². The summed E-state index contributed by atoms with van der Waals surface area (Å²) in [7, 11) is 0. The molecule has 1 heterocycles. The number of nitrogens with zero attached hydrogens (tertiary/aromatic N) is 3. The van der Waals surface area contributed by atoms with Gasteiger partial charge in [0.2, 0.25) is 5.16 Å². The first-order valence-corrected chi connectivity index (χ1v) is 7.26. The highest BCUT2D eigenvalue weighted by Gasteiger charge is 2.21. The van der Waals surface area contributed by atoms with E-state index in [-0.39, 0.29) is 5.54 Å². The first-order valence-electron chi connectivity index (χ1n) is 6.28. The molecule has 0 saturated carbocycles. The summed E-state index contributed by atoms with van der Waals surface area (Å²) in [5.41, 5.74) is -0.388. The zero-order chi connectivity index (χ0) is 13.4. The number of rotatable bonds is 8. The smallest absolute Gasteiger partial charge is 0.208 e. The van der Waals surface area contributed by atoms with Crippen molar-refractivity contribution in [3.05, 3.63) is 5.82 Å². The summed E-state index contributed by atoms with van der Waals surface area (Å²) in [6.45, 7) is 6.71. The lowest BCUT2D eigenvalue weighted by atomic mass is 9.97. The molecular formula is C12H21N5S. The van der Waals surface area contributed by atoms with Crippen molar-refractivity contribution in [1.29, 1.82) is 5.26 Å². The topological polar surface area (TPSA) is 77.4 Å². The molecule has 0 amide bonds. The standard InChI is InChI=1S/C12H21N5S/c1-4-14-12(3,9-13)7-5-6-8-18-11-15-10(2)16-17-11/h14H,4-8H2,1-3H3,(H,15,16,17). The Balaban J connectivity index is 2.17. The molecule has 18 heavy (non-hydrogen) atoms. The zero-order valence-corrected chi connectivity index (χ0v) is 12.1. The van der Waals surface area contributed by atoms with Crippen LogP contribution in [0.15, 0.2) is 5.16 Å². The fourth-order valence-electron chi connectivity index (χ4n) is 1.70. The quantitative estimate of drug-likeness (QED) is 0.558. The maximum Gasteiger partial charge on any atom is 0.208 e. The van der Waals surface area contributed by atoms with Crippen LogP contribution >= 0.6 is 11.8 Å². The van der Waals surface area contributed by atoms with Crippen molar-refractivity contribution in [2.45, 2.75) is 50.7 Å². The Morgan fingerprint density at radius 1 is 1.50 bits per heavy atom. The zero-order valence-electron chi connectivity index (χ0n) is 11.3. The molecule has 0 aliphatic rings. The van der Waals surface area contributed by atoms with Crippen molar-refractivity contribution in [3.63, 3.8) is 0 Å². The number of aromatic amines is 1. The normalized spacial score (nSPS) is 14.1. The molecule has 1 unspecified atom stereocenters. The van der Waals surface area contributed by atoms with E-state index in [1.54, 1.807) is 11.8 Å². The number of H-pyrrole nitrogens is 1. The van der Waals surface area contributed by atoms with Crippen LogP contribution in [0.5, 0.6) is 0 Å². The molecule has 5 nitrogen and oxygen atoms in total. The summed E-state index contributed by atoms with van der Waals surface area (Å²) in [6, 6.07) is 2.34. The Morgan fingerprint density at radius 2 is 2.28 bits per heavy atom. The van der Waals surface area contributed by atoms with Crippen molar-refractivity contribution < 1.29 is 0 Å². The molecule has 100 valence electrons. The minimum atomic E-state index is -0.388. The molecule has 0 saturated heterocycles. The Kier molecular flexibility index (Phi) is 6.16. The third kappa shape index (κ3) is 5.07. The number of hydrogen-bond donors (Lipinski definition) is 2. The van der Waals surface area contributed by atoms with Crippen molar-refractivity contribution in [1.82, 2.24) is 20.5 Å². The number of hydrogen-bond acceptors (Lipinski definition) is 5. The van der Waals surface area contributed by atoms with Gasteiger partial charge in [0, 0.05) is 5.75 Å². The average Bonchev–Trinajstić information content (AvgIpc) is 2.75. The monoisotopic (exact) mass is 267 g/mol. The van der Waals surface area contributed by atoms with Crippen molar-refractivity contribution in [3.8, 4) is 6.07 Å². The first-order chi connectivity index (χ1) is 8.59. The Bertz CT molecular complexity index is 397. The van der Waals surface area contributed by atoms with Crippen LogP contribution in [0.25, 0.3) is 0 Å². The molecule has 0 bridgehead atoms. The molecule has 0 aromatic carbocycles. The molecule has 0 fully saturated rings. The van der Waals surface area contributed by atoms with Gasteiger partial charge in [-0.3, -0.25) is 10.4 Å². The Labute approximate surface area is 113 Å². The lowest BCUT2D eigenvalue weighted by Crippen LogP contribution is -2.40. The van der Waals surface area contributed by atoms with Crippen LogP contribution in [0, 0.1) is 18.3 Å². The molecule has 6 heteroatoms. The third-order valence-corrected chi connectivity index (χ3v) is 3.63. The molecule has 0 spiro atoms. The van der Waals surface area contributed by atoms with E-state index in [9.17, 15) is 0 Å². The van der Waals surface area contributed by atoms with Crippen LogP contribution in [0.1, 0.15) is 38.9 Å². The van der Waals surface area contributed by atoms with Gasteiger partial charge in [-0.25, -0.2) is 4.98 Å². The third-order valence-electron chi connectivity index (χ3n) is 2.69. The highest BCUT2D eigenvalue weighted by atomic mass is 32.2. The molecule has 2 N–H and O–H groups in total. The van der Waals surface area contributed by atoms with E-state index < -0.39 is 0 Å². The molecule has 0 aliphatic heterocycles. The fourth-order valence-corrected chi connectivity index (χ4v) is 2.55. The second kappa shape index (κ2) is 7.39. The predicted octanol–water partition coefficient (Wildman–Crippen LogP) is 2.27. The highest BCUT2D eigenvalue weighted by molar-refractivity contribution is 7.99. The Morgan fingerprint density at radius 3 is 2.83 bits per heavy atom. The van der Waals surface area contributed by atoms with Gasteiger partial charge in [0.1, 0.15) is 11.4 Å². The molecule has 1 aromatic rings. The summed E-state index contributed by atoms with van der Waals surface area (Å²) in [6.07, 6.45) is 2.99. The van der Waals surface area contributed by atoms with E-state index in [1.807, 2.05) is 20.8 Å². The van der Waals surface area contributed by atoms with E-state index in [2.05, 4.69) is 26.6 Å². The SMILES string of the molecule is CCNC(C)(C#N)CCCCSc1n[nH]c(C)n1. The van der Waals surface area contributed by atoms with Gasteiger partial charge in [-0.15, -0.1) is 5.10 Å². The number of thioether (sulfide) groups is 1. The van der Waals surface area contributed by atoms with Crippen LogP contribution in [0.3, 0.4) is 0 Å². The number of nitriles is 1. The van der Waals surface area contributed by atoms with Crippen molar-refractivity contribution >= 4 is 11.8 Å². The van der Waals surface area contributed by atoms with Crippen LogP contribution in [-0.2, 0) is 0 Å². The maximum absolute atomic E-state index is 9.11. The maximum atomic E-state index is 9.11. The summed E-state index contributed by atoms with van der Waals surface area (Å²) >= 11 is 1.66. The van der Waals surface area contributed by atoms with E-state index in [0.29, 0.717) is 0 Å². The van der Waals surface area contributed by atoms with Crippen LogP contribution in [0.2, 0.25) is 0 Å². The van der Waals surface area contributed by atoms with Gasteiger partial charge in [-0.05, 0) is 39.7 Å². The lowest BCUT2D eigenvalue weighted by Gasteiger charge is -2.22. The predicted molar refractivity (Wildman–Crippen MR) is 73.4 cm³/mol. The van der Waals surface area contributed by atoms with Gasteiger partial charge in [0.05, 0.1) is 6.07 Å². The fraction of sp³-hybridized carbons (Fsp3) is 0.750. The molecular weight excluding hydrogens is 246 g/mol. The van der Waals surface area contributed by atoms with Gasteiger partial charge in [0.25, 0.3) is 0 Å².